The Morgan fingerprint density at radius 3 is 2.79 bits per heavy atom. The third kappa shape index (κ3) is 5.48. The third-order valence-corrected chi connectivity index (χ3v) is 12.9. The number of nitrogens with one attached hydrogen (secondary N) is 1. The minimum atomic E-state index is -2.88. The van der Waals surface area contributed by atoms with Crippen LogP contribution >= 0.6 is 11.6 Å². The van der Waals surface area contributed by atoms with E-state index in [9.17, 15) is 9.00 Å². The average molecular weight is 611 g/mol. The number of rotatable bonds is 1. The van der Waals surface area contributed by atoms with Crippen molar-refractivity contribution in [3.8, 4) is 5.75 Å². The van der Waals surface area contributed by atoms with Crippen LogP contribution < -0.4 is 14.4 Å². The molecule has 6 nitrogen and oxygen atoms in total. The van der Waals surface area contributed by atoms with Crippen molar-refractivity contribution >= 4 is 38.8 Å². The monoisotopic (exact) mass is 610 g/mol. The lowest BCUT2D eigenvalue weighted by Crippen LogP contribution is -2.49. The molecular formula is C34H43ClN2O4S. The van der Waals surface area contributed by atoms with Gasteiger partial charge in [0.25, 0.3) is 5.91 Å². The van der Waals surface area contributed by atoms with E-state index >= 15 is 0 Å². The second-order valence-corrected chi connectivity index (χ2v) is 15.8. The first-order chi connectivity index (χ1) is 20.1. The van der Waals surface area contributed by atoms with Crippen LogP contribution in [0.2, 0.25) is 5.02 Å². The Hall–Kier alpha value is -2.48. The van der Waals surface area contributed by atoms with Crippen molar-refractivity contribution in [3.05, 3.63) is 70.3 Å². The molecular weight excluding hydrogens is 568 g/mol. The van der Waals surface area contributed by atoms with E-state index in [-0.39, 0.29) is 28.6 Å². The first-order valence-electron chi connectivity index (χ1n) is 15.3. The Bertz CT molecular complexity index is 1490. The van der Waals surface area contributed by atoms with E-state index < -0.39 is 9.71 Å². The van der Waals surface area contributed by atoms with Crippen LogP contribution in [0.15, 0.2) is 48.6 Å². The normalized spacial score (nSPS) is 35.6. The first kappa shape index (κ1) is 29.6. The number of hydrogen-bond donors (Lipinski definition) is 1. The highest BCUT2D eigenvalue weighted by Gasteiger charge is 2.44. The summed E-state index contributed by atoms with van der Waals surface area (Å²) in [5, 5.41) is 0.475. The maximum absolute atomic E-state index is 13.7. The van der Waals surface area contributed by atoms with Gasteiger partial charge in [-0.1, -0.05) is 36.7 Å². The molecule has 8 heteroatoms. The molecule has 0 radical (unpaired) electrons. The fourth-order valence-electron chi connectivity index (χ4n) is 7.49. The van der Waals surface area contributed by atoms with Crippen molar-refractivity contribution in [1.82, 2.24) is 4.72 Å². The van der Waals surface area contributed by atoms with Gasteiger partial charge in [0.15, 0.2) is 0 Å². The lowest BCUT2D eigenvalue weighted by atomic mass is 9.68. The molecule has 2 heterocycles. The summed E-state index contributed by atoms with van der Waals surface area (Å²) in [5.41, 5.74) is 3.82. The summed E-state index contributed by atoms with van der Waals surface area (Å²) in [7, 11) is -1.09. The van der Waals surface area contributed by atoms with E-state index in [0.717, 1.165) is 68.1 Å². The van der Waals surface area contributed by atoms with Crippen molar-refractivity contribution in [3.63, 3.8) is 0 Å². The van der Waals surface area contributed by atoms with E-state index in [4.69, 9.17) is 21.1 Å². The number of ether oxygens (including phenoxy) is 2. The molecule has 42 heavy (non-hydrogen) atoms. The van der Waals surface area contributed by atoms with Gasteiger partial charge in [-0.15, -0.1) is 0 Å². The van der Waals surface area contributed by atoms with Gasteiger partial charge in [0.05, 0.1) is 28.1 Å². The topological polar surface area (TPSA) is 67.9 Å². The molecule has 1 saturated carbocycles. The molecule has 1 N–H and O–H groups in total. The van der Waals surface area contributed by atoms with Crippen LogP contribution in [0.25, 0.3) is 0 Å². The number of hydrogen-bond acceptors (Lipinski definition) is 5. The molecule has 4 aliphatic rings. The van der Waals surface area contributed by atoms with Crippen molar-refractivity contribution < 1.29 is 18.5 Å². The minimum absolute atomic E-state index is 0.0310. The predicted octanol–water partition coefficient (Wildman–Crippen LogP) is 6.20. The summed E-state index contributed by atoms with van der Waals surface area (Å²) in [6.07, 6.45) is 10.5. The van der Waals surface area contributed by atoms with Gasteiger partial charge in [-0.05, 0) is 111 Å². The number of fused-ring (bicyclic) bond motifs is 4. The Labute approximate surface area is 255 Å². The molecule has 1 amide bonds. The number of carbonyl (C=O) groups excluding carboxylic acids is 1. The van der Waals surface area contributed by atoms with Gasteiger partial charge in [0.1, 0.15) is 5.75 Å². The van der Waals surface area contributed by atoms with Gasteiger partial charge < -0.3 is 14.4 Å². The van der Waals surface area contributed by atoms with Crippen molar-refractivity contribution in [2.75, 3.05) is 31.7 Å². The number of nitrogens with zero attached hydrogens (tertiary/aromatic N) is 1. The van der Waals surface area contributed by atoms with Gasteiger partial charge in [-0.3, -0.25) is 9.52 Å². The Morgan fingerprint density at radius 2 is 2.02 bits per heavy atom. The number of benzene rings is 2. The highest BCUT2D eigenvalue weighted by Crippen LogP contribution is 2.47. The summed E-state index contributed by atoms with van der Waals surface area (Å²) in [5.74, 6) is 5.34. The predicted molar refractivity (Wildman–Crippen MR) is 172 cm³/mol. The molecule has 2 aromatic rings. The standard InChI is InChI=1S/C34H43ClN2O4S/c1-22-7-5-9-31(40-3)28-13-10-26(28)19-37-20-34(16-6-8-24-17-27(35)12-14-29(24)34)21-41-32-15-11-25(18-30(32)37)33(38)36-42(4,39)23(22)2/h5,9,11-12,14-15,17-18,22-23,26,28,31H,4,6-8,10,13,16,19-21H2,1-3H3,(H,36,38,39)/b9-5+/t22-,23+,26-,28+,31-,34-,42?/m0/s1. The van der Waals surface area contributed by atoms with Crippen LogP contribution in [0.4, 0.5) is 5.69 Å². The molecule has 6 rings (SSSR count). The number of methoxy groups -OCH3 is 1. The van der Waals surface area contributed by atoms with Crippen LogP contribution in [0.3, 0.4) is 0 Å². The molecule has 1 spiro atoms. The average Bonchev–Trinajstić information content (AvgIpc) is 3.10. The number of amides is 1. The molecule has 0 aromatic heterocycles. The van der Waals surface area contributed by atoms with E-state index in [1.54, 1.807) is 13.2 Å². The summed E-state index contributed by atoms with van der Waals surface area (Å²) >= 11 is 6.42. The van der Waals surface area contributed by atoms with Crippen molar-refractivity contribution in [2.24, 2.45) is 17.8 Å². The summed E-state index contributed by atoms with van der Waals surface area (Å²) < 4.78 is 29.1. The number of allylic oxidation sites excluding steroid dienone is 1. The van der Waals surface area contributed by atoms with Crippen LogP contribution in [0.5, 0.6) is 5.75 Å². The Balaban J connectivity index is 1.43. The summed E-state index contributed by atoms with van der Waals surface area (Å²) in [6.45, 7) is 6.18. The lowest BCUT2D eigenvalue weighted by molar-refractivity contribution is 0.0131. The van der Waals surface area contributed by atoms with Gasteiger partial charge in [0.2, 0.25) is 0 Å². The SMILES string of the molecule is C=S1(=O)NC(=O)c2ccc3c(c2)N(C[C@@H]2CC[C@H]2[C@@H](OC)/C=C/C[C@H](C)[C@H]1C)C[C@@]1(CCCc2cc(Cl)ccc21)CO3. The molecule has 7 atom stereocenters. The Kier molecular flexibility index (Phi) is 8.14. The second kappa shape index (κ2) is 11.5. The van der Waals surface area contributed by atoms with E-state index in [0.29, 0.717) is 24.0 Å². The highest BCUT2D eigenvalue weighted by molar-refractivity contribution is 7.99. The maximum atomic E-state index is 13.7. The highest BCUT2D eigenvalue weighted by atomic mass is 35.5. The fraction of sp³-hybridized carbons (Fsp3) is 0.529. The largest absolute Gasteiger partial charge is 0.490 e. The molecule has 0 saturated heterocycles. The van der Waals surface area contributed by atoms with Crippen molar-refractivity contribution in [1.29, 1.82) is 0 Å². The van der Waals surface area contributed by atoms with Crippen LogP contribution in [-0.4, -0.2) is 54.1 Å². The number of aryl methyl sites for hydroxylation is 1. The van der Waals surface area contributed by atoms with Gasteiger partial charge in [-0.2, -0.15) is 0 Å². The molecule has 1 fully saturated rings. The van der Waals surface area contributed by atoms with Crippen LogP contribution in [-0.2, 0) is 26.3 Å². The molecule has 2 aromatic carbocycles. The molecule has 2 aliphatic heterocycles. The van der Waals surface area contributed by atoms with Crippen LogP contribution in [0, 0.1) is 17.8 Å². The van der Waals surface area contributed by atoms with E-state index in [1.807, 2.05) is 25.1 Å². The van der Waals surface area contributed by atoms with Gasteiger partial charge in [-0.25, -0.2) is 4.21 Å². The number of anilines is 1. The number of halogens is 1. The summed E-state index contributed by atoms with van der Waals surface area (Å²) in [6, 6.07) is 11.9. The van der Waals surface area contributed by atoms with Gasteiger partial charge in [0, 0.05) is 41.5 Å². The maximum Gasteiger partial charge on any atom is 0.262 e. The lowest BCUT2D eigenvalue weighted by Gasteiger charge is -2.46. The summed E-state index contributed by atoms with van der Waals surface area (Å²) in [4.78, 5) is 16.0. The molecule has 2 bridgehead atoms. The Morgan fingerprint density at radius 1 is 1.19 bits per heavy atom. The van der Waals surface area contributed by atoms with Crippen molar-refractivity contribution in [2.45, 2.75) is 69.1 Å². The number of carbonyl (C=O) groups is 1. The minimum Gasteiger partial charge on any atom is -0.490 e. The quantitative estimate of drug-likeness (QED) is 0.308. The fourth-order valence-corrected chi connectivity index (χ4v) is 9.17. The van der Waals surface area contributed by atoms with Crippen LogP contribution in [0.1, 0.15) is 67.4 Å². The van der Waals surface area contributed by atoms with E-state index in [1.165, 1.54) is 11.1 Å². The zero-order valence-electron chi connectivity index (χ0n) is 24.9. The second-order valence-electron chi connectivity index (χ2n) is 13.0. The molecule has 2 aliphatic carbocycles. The smallest absolute Gasteiger partial charge is 0.262 e. The van der Waals surface area contributed by atoms with Gasteiger partial charge >= 0.3 is 0 Å². The molecule has 226 valence electrons. The van der Waals surface area contributed by atoms with E-state index in [2.05, 4.69) is 46.7 Å². The molecule has 1 unspecified atom stereocenters. The first-order valence-corrected chi connectivity index (χ1v) is 17.5. The third-order valence-electron chi connectivity index (χ3n) is 10.4. The zero-order chi connectivity index (χ0) is 29.6. The zero-order valence-corrected chi connectivity index (χ0v) is 26.5.